The molecule has 0 aliphatic heterocycles. The molecule has 2 aromatic heterocycles. The van der Waals surface area contributed by atoms with Crippen LogP contribution in [0.5, 0.6) is 0 Å². The summed E-state index contributed by atoms with van der Waals surface area (Å²) in [4.78, 5) is 28.9. The number of fused-ring (bicyclic) bond motifs is 1. The SMILES string of the molecule is CC(C)c1nc(CNC(=O)c2cc3ccccc3n(C)c2=O)no1. The van der Waals surface area contributed by atoms with Crippen molar-refractivity contribution in [2.75, 3.05) is 0 Å². The average molecular weight is 326 g/mol. The zero-order valence-corrected chi connectivity index (χ0v) is 13.7. The first kappa shape index (κ1) is 15.9. The van der Waals surface area contributed by atoms with Crippen LogP contribution in [0.1, 0.15) is 41.8 Å². The Hall–Kier alpha value is -2.96. The van der Waals surface area contributed by atoms with Crippen LogP contribution in [-0.2, 0) is 13.6 Å². The van der Waals surface area contributed by atoms with Gasteiger partial charge in [-0.3, -0.25) is 9.59 Å². The van der Waals surface area contributed by atoms with Crippen molar-refractivity contribution in [3.05, 3.63) is 58.0 Å². The monoisotopic (exact) mass is 326 g/mol. The van der Waals surface area contributed by atoms with Gasteiger partial charge in [-0.05, 0) is 17.5 Å². The van der Waals surface area contributed by atoms with E-state index in [1.807, 2.05) is 38.1 Å². The number of nitrogens with zero attached hydrogens (tertiary/aromatic N) is 3. The highest BCUT2D eigenvalue weighted by atomic mass is 16.5. The third-order valence-electron chi connectivity index (χ3n) is 3.76. The van der Waals surface area contributed by atoms with E-state index in [1.165, 1.54) is 4.57 Å². The lowest BCUT2D eigenvalue weighted by Gasteiger charge is -2.08. The molecule has 1 N–H and O–H groups in total. The minimum Gasteiger partial charge on any atom is -0.344 e. The van der Waals surface area contributed by atoms with Crippen molar-refractivity contribution in [3.63, 3.8) is 0 Å². The molecular weight excluding hydrogens is 308 g/mol. The first-order valence-corrected chi connectivity index (χ1v) is 7.67. The highest BCUT2D eigenvalue weighted by Crippen LogP contribution is 2.13. The molecule has 3 rings (SSSR count). The van der Waals surface area contributed by atoms with Crippen molar-refractivity contribution in [2.24, 2.45) is 7.05 Å². The van der Waals surface area contributed by atoms with Crippen molar-refractivity contribution in [3.8, 4) is 0 Å². The number of carbonyl (C=O) groups excluding carboxylic acids is 1. The maximum absolute atomic E-state index is 12.4. The van der Waals surface area contributed by atoms with Gasteiger partial charge in [0, 0.05) is 13.0 Å². The Balaban J connectivity index is 1.83. The summed E-state index contributed by atoms with van der Waals surface area (Å²) < 4.78 is 6.55. The van der Waals surface area contributed by atoms with E-state index in [2.05, 4.69) is 15.5 Å². The molecule has 1 aromatic carbocycles. The van der Waals surface area contributed by atoms with E-state index in [1.54, 1.807) is 13.1 Å². The number of para-hydroxylation sites is 1. The Bertz CT molecular complexity index is 956. The Kier molecular flexibility index (Phi) is 4.16. The largest absolute Gasteiger partial charge is 0.344 e. The maximum Gasteiger partial charge on any atom is 0.263 e. The lowest BCUT2D eigenvalue weighted by atomic mass is 10.1. The predicted molar refractivity (Wildman–Crippen MR) is 88.7 cm³/mol. The van der Waals surface area contributed by atoms with Crippen LogP contribution < -0.4 is 10.9 Å². The van der Waals surface area contributed by atoms with Crippen molar-refractivity contribution in [2.45, 2.75) is 26.3 Å². The maximum atomic E-state index is 12.4. The van der Waals surface area contributed by atoms with Gasteiger partial charge in [0.1, 0.15) is 5.56 Å². The fraction of sp³-hybridized carbons (Fsp3) is 0.294. The predicted octanol–water partition coefficient (Wildman–Crippen LogP) is 1.97. The minimum atomic E-state index is -0.461. The van der Waals surface area contributed by atoms with Crippen LogP contribution in [0.15, 0.2) is 39.6 Å². The molecule has 3 aromatic rings. The lowest BCUT2D eigenvalue weighted by Crippen LogP contribution is -2.32. The molecule has 24 heavy (non-hydrogen) atoms. The van der Waals surface area contributed by atoms with Crippen LogP contribution in [0.2, 0.25) is 0 Å². The van der Waals surface area contributed by atoms with E-state index in [9.17, 15) is 9.59 Å². The number of aryl methyl sites for hydroxylation is 1. The topological polar surface area (TPSA) is 90.0 Å². The Morgan fingerprint density at radius 2 is 2.08 bits per heavy atom. The van der Waals surface area contributed by atoms with E-state index in [0.717, 1.165) is 10.9 Å². The standard InChI is InChI=1S/C17H18N4O3/c1-10(2)16-19-14(20-24-16)9-18-15(22)12-8-11-6-4-5-7-13(11)21(3)17(12)23/h4-8,10H,9H2,1-3H3,(H,18,22). The number of amides is 1. The lowest BCUT2D eigenvalue weighted by molar-refractivity contribution is 0.0948. The normalized spacial score (nSPS) is 11.2. The number of aromatic nitrogens is 3. The van der Waals surface area contributed by atoms with Crippen molar-refractivity contribution < 1.29 is 9.32 Å². The molecule has 0 aliphatic carbocycles. The highest BCUT2D eigenvalue weighted by molar-refractivity contribution is 5.97. The van der Waals surface area contributed by atoms with Gasteiger partial charge in [0.25, 0.3) is 11.5 Å². The van der Waals surface area contributed by atoms with Crippen LogP contribution in [0.25, 0.3) is 10.9 Å². The second-order valence-corrected chi connectivity index (χ2v) is 5.87. The Morgan fingerprint density at radius 3 is 2.79 bits per heavy atom. The molecular formula is C17H18N4O3. The molecule has 124 valence electrons. The van der Waals surface area contributed by atoms with Crippen LogP contribution in [-0.4, -0.2) is 20.6 Å². The third-order valence-corrected chi connectivity index (χ3v) is 3.76. The van der Waals surface area contributed by atoms with Crippen LogP contribution in [0.4, 0.5) is 0 Å². The van der Waals surface area contributed by atoms with Crippen LogP contribution in [0, 0.1) is 0 Å². The average Bonchev–Trinajstić information content (AvgIpc) is 3.05. The zero-order chi connectivity index (χ0) is 17.3. The minimum absolute atomic E-state index is 0.0868. The number of rotatable bonds is 4. The summed E-state index contributed by atoms with van der Waals surface area (Å²) in [5, 5.41) is 7.30. The summed E-state index contributed by atoms with van der Waals surface area (Å²) in [6.45, 7) is 3.98. The Labute approximate surface area is 138 Å². The van der Waals surface area contributed by atoms with E-state index in [4.69, 9.17) is 4.52 Å². The van der Waals surface area contributed by atoms with Crippen LogP contribution in [0.3, 0.4) is 0 Å². The third kappa shape index (κ3) is 2.92. The number of hydrogen-bond acceptors (Lipinski definition) is 5. The smallest absolute Gasteiger partial charge is 0.263 e. The molecule has 7 nitrogen and oxygen atoms in total. The highest BCUT2D eigenvalue weighted by Gasteiger charge is 2.15. The first-order chi connectivity index (χ1) is 11.5. The summed E-state index contributed by atoms with van der Waals surface area (Å²) in [6.07, 6.45) is 0. The van der Waals surface area contributed by atoms with E-state index < -0.39 is 5.91 Å². The van der Waals surface area contributed by atoms with Gasteiger partial charge < -0.3 is 14.4 Å². The fourth-order valence-corrected chi connectivity index (χ4v) is 2.41. The Morgan fingerprint density at radius 1 is 1.33 bits per heavy atom. The molecule has 0 spiro atoms. The van der Waals surface area contributed by atoms with Gasteiger partial charge >= 0.3 is 0 Å². The second-order valence-electron chi connectivity index (χ2n) is 5.87. The van der Waals surface area contributed by atoms with Crippen molar-refractivity contribution in [1.29, 1.82) is 0 Å². The summed E-state index contributed by atoms with van der Waals surface area (Å²) in [7, 11) is 1.65. The molecule has 0 atom stereocenters. The quantitative estimate of drug-likeness (QED) is 0.791. The van der Waals surface area contributed by atoms with Gasteiger partial charge in [-0.15, -0.1) is 0 Å². The van der Waals surface area contributed by atoms with Gasteiger partial charge in [0.2, 0.25) is 5.89 Å². The molecule has 1 amide bonds. The van der Waals surface area contributed by atoms with Crippen molar-refractivity contribution >= 4 is 16.8 Å². The van der Waals surface area contributed by atoms with Gasteiger partial charge in [-0.25, -0.2) is 0 Å². The fourth-order valence-electron chi connectivity index (χ4n) is 2.41. The second kappa shape index (κ2) is 6.27. The van der Waals surface area contributed by atoms with Gasteiger partial charge in [-0.2, -0.15) is 4.98 Å². The van der Waals surface area contributed by atoms with Gasteiger partial charge in [0.05, 0.1) is 12.1 Å². The number of carbonyl (C=O) groups is 1. The van der Waals surface area contributed by atoms with E-state index >= 15 is 0 Å². The number of nitrogens with one attached hydrogen (secondary N) is 1. The number of hydrogen-bond donors (Lipinski definition) is 1. The molecule has 7 heteroatoms. The van der Waals surface area contributed by atoms with Crippen molar-refractivity contribution in [1.82, 2.24) is 20.0 Å². The summed E-state index contributed by atoms with van der Waals surface area (Å²) in [5.41, 5.74) is 0.518. The summed E-state index contributed by atoms with van der Waals surface area (Å²) in [6, 6.07) is 9.01. The molecule has 0 radical (unpaired) electrons. The van der Waals surface area contributed by atoms with Gasteiger partial charge in [-0.1, -0.05) is 37.2 Å². The van der Waals surface area contributed by atoms with Gasteiger partial charge in [0.15, 0.2) is 5.82 Å². The number of benzene rings is 1. The molecule has 0 saturated carbocycles. The van der Waals surface area contributed by atoms with E-state index in [-0.39, 0.29) is 23.6 Å². The molecule has 0 saturated heterocycles. The summed E-state index contributed by atoms with van der Waals surface area (Å²) in [5.74, 6) is 0.553. The molecule has 0 fully saturated rings. The van der Waals surface area contributed by atoms with Crippen LogP contribution >= 0.6 is 0 Å². The molecule has 0 bridgehead atoms. The van der Waals surface area contributed by atoms with E-state index in [0.29, 0.717) is 11.7 Å². The molecule has 0 unspecified atom stereocenters. The summed E-state index contributed by atoms with van der Waals surface area (Å²) >= 11 is 0. The molecule has 2 heterocycles. The molecule has 0 aliphatic rings. The first-order valence-electron chi connectivity index (χ1n) is 7.67. The zero-order valence-electron chi connectivity index (χ0n) is 13.7. The number of pyridine rings is 1.